The lowest BCUT2D eigenvalue weighted by molar-refractivity contribution is 0.462. The molecule has 0 radical (unpaired) electrons. The fourth-order valence-electron chi connectivity index (χ4n) is 3.84. The van der Waals surface area contributed by atoms with Crippen LogP contribution in [0.2, 0.25) is 0 Å². The fourth-order valence-corrected chi connectivity index (χ4v) is 3.84. The molecule has 3 heteroatoms. The smallest absolute Gasteiger partial charge is 0.156 e. The number of benzene rings is 2. The van der Waals surface area contributed by atoms with Crippen LogP contribution in [0.1, 0.15) is 43.2 Å². The monoisotopic (exact) mass is 331 g/mol. The third kappa shape index (κ3) is 3.23. The van der Waals surface area contributed by atoms with E-state index in [2.05, 4.69) is 71.8 Å². The van der Waals surface area contributed by atoms with Gasteiger partial charge in [0.25, 0.3) is 0 Å². The summed E-state index contributed by atoms with van der Waals surface area (Å²) in [6.45, 7) is 4.26. The maximum absolute atomic E-state index is 4.63. The molecule has 4 rings (SSSR count). The van der Waals surface area contributed by atoms with E-state index >= 15 is 0 Å². The third-order valence-corrected chi connectivity index (χ3v) is 5.28. The molecule has 0 saturated heterocycles. The first-order valence-corrected chi connectivity index (χ1v) is 9.32. The van der Waals surface area contributed by atoms with Crippen molar-refractivity contribution in [3.8, 4) is 11.3 Å². The van der Waals surface area contributed by atoms with Crippen LogP contribution < -0.4 is 5.32 Å². The van der Waals surface area contributed by atoms with E-state index in [1.54, 1.807) is 0 Å². The minimum absolute atomic E-state index is 0.526. The number of rotatable bonds is 3. The number of hydrogen-bond donors (Lipinski definition) is 1. The second kappa shape index (κ2) is 6.83. The minimum Gasteiger partial charge on any atom is -0.365 e. The Kier molecular flexibility index (Phi) is 4.39. The molecule has 0 spiro atoms. The van der Waals surface area contributed by atoms with Crippen LogP contribution in [0.4, 0.5) is 5.82 Å². The van der Waals surface area contributed by atoms with E-state index in [0.29, 0.717) is 6.04 Å². The van der Waals surface area contributed by atoms with Gasteiger partial charge in [-0.05, 0) is 38.3 Å². The number of anilines is 1. The molecule has 3 aromatic rings. The summed E-state index contributed by atoms with van der Waals surface area (Å²) < 4.78 is 0. The van der Waals surface area contributed by atoms with Gasteiger partial charge in [-0.2, -0.15) is 0 Å². The van der Waals surface area contributed by atoms with Gasteiger partial charge in [-0.15, -0.1) is 10.2 Å². The number of hydrogen-bond acceptors (Lipinski definition) is 3. The Morgan fingerprint density at radius 1 is 0.880 bits per heavy atom. The van der Waals surface area contributed by atoms with Gasteiger partial charge in [-0.3, -0.25) is 0 Å². The maximum atomic E-state index is 4.63. The lowest BCUT2D eigenvalue weighted by Crippen LogP contribution is -2.23. The van der Waals surface area contributed by atoms with E-state index in [9.17, 15) is 0 Å². The van der Waals surface area contributed by atoms with E-state index < -0.39 is 0 Å². The summed E-state index contributed by atoms with van der Waals surface area (Å²) in [5.41, 5.74) is 4.63. The molecule has 1 heterocycles. The molecule has 128 valence electrons. The van der Waals surface area contributed by atoms with E-state index in [1.807, 2.05) is 0 Å². The van der Waals surface area contributed by atoms with Crippen LogP contribution in [0.15, 0.2) is 42.5 Å². The molecule has 1 fully saturated rings. The predicted octanol–water partition coefficient (Wildman–Crippen LogP) is 5.66. The van der Waals surface area contributed by atoms with E-state index in [4.69, 9.17) is 0 Å². The van der Waals surface area contributed by atoms with Crippen molar-refractivity contribution >= 4 is 16.6 Å². The number of aromatic nitrogens is 2. The van der Waals surface area contributed by atoms with Crippen LogP contribution in [-0.4, -0.2) is 16.2 Å². The molecule has 25 heavy (non-hydrogen) atoms. The molecule has 1 saturated carbocycles. The van der Waals surface area contributed by atoms with Gasteiger partial charge >= 0.3 is 0 Å². The molecular weight excluding hydrogens is 306 g/mol. The molecular formula is C22H25N3. The molecule has 1 aliphatic carbocycles. The Morgan fingerprint density at radius 2 is 1.64 bits per heavy atom. The second-order valence-corrected chi connectivity index (χ2v) is 7.24. The van der Waals surface area contributed by atoms with Crippen LogP contribution in [0, 0.1) is 13.8 Å². The highest BCUT2D eigenvalue weighted by Gasteiger charge is 2.17. The van der Waals surface area contributed by atoms with Crippen molar-refractivity contribution < 1.29 is 0 Å². The van der Waals surface area contributed by atoms with Crippen molar-refractivity contribution in [2.75, 3.05) is 5.32 Å². The summed E-state index contributed by atoms with van der Waals surface area (Å²) in [5, 5.41) is 15.2. The van der Waals surface area contributed by atoms with Crippen LogP contribution in [0.25, 0.3) is 22.0 Å². The molecule has 1 aromatic heterocycles. The molecule has 0 atom stereocenters. The summed E-state index contributed by atoms with van der Waals surface area (Å²) in [6.07, 6.45) is 6.44. The molecule has 1 aliphatic rings. The van der Waals surface area contributed by atoms with E-state index in [0.717, 1.165) is 11.5 Å². The summed E-state index contributed by atoms with van der Waals surface area (Å²) in [4.78, 5) is 0. The van der Waals surface area contributed by atoms with Gasteiger partial charge in [0, 0.05) is 22.4 Å². The van der Waals surface area contributed by atoms with Crippen LogP contribution in [0.5, 0.6) is 0 Å². The number of fused-ring (bicyclic) bond motifs is 1. The Morgan fingerprint density at radius 3 is 2.44 bits per heavy atom. The van der Waals surface area contributed by atoms with Crippen LogP contribution >= 0.6 is 0 Å². The van der Waals surface area contributed by atoms with Crippen molar-refractivity contribution in [2.45, 2.75) is 52.0 Å². The Bertz CT molecular complexity index is 895. The standard InChI is InChI=1S/C22H25N3/c1-15-12-13-16(2)20(14-15)21-18-10-6-7-11-19(18)22(25-24-21)23-17-8-4-3-5-9-17/h6-7,10-14,17H,3-5,8-9H2,1-2H3,(H,23,25). The molecule has 1 N–H and O–H groups in total. The largest absolute Gasteiger partial charge is 0.365 e. The van der Waals surface area contributed by atoms with Crippen molar-refractivity contribution in [3.63, 3.8) is 0 Å². The predicted molar refractivity (Wildman–Crippen MR) is 105 cm³/mol. The average molecular weight is 331 g/mol. The summed E-state index contributed by atoms with van der Waals surface area (Å²) in [5.74, 6) is 0.927. The zero-order valence-electron chi connectivity index (χ0n) is 15.0. The first-order valence-electron chi connectivity index (χ1n) is 9.32. The van der Waals surface area contributed by atoms with Crippen molar-refractivity contribution in [1.29, 1.82) is 0 Å². The normalized spacial score (nSPS) is 15.4. The number of nitrogens with one attached hydrogen (secondary N) is 1. The van der Waals surface area contributed by atoms with Crippen molar-refractivity contribution in [1.82, 2.24) is 10.2 Å². The van der Waals surface area contributed by atoms with Gasteiger partial charge < -0.3 is 5.32 Å². The van der Waals surface area contributed by atoms with E-state index in [1.165, 1.54) is 59.6 Å². The molecule has 0 amide bonds. The lowest BCUT2D eigenvalue weighted by atomic mass is 9.95. The Labute approximate surface area is 149 Å². The third-order valence-electron chi connectivity index (χ3n) is 5.28. The number of aryl methyl sites for hydroxylation is 2. The molecule has 0 bridgehead atoms. The summed E-state index contributed by atoms with van der Waals surface area (Å²) >= 11 is 0. The van der Waals surface area contributed by atoms with E-state index in [-0.39, 0.29) is 0 Å². The fraction of sp³-hybridized carbons (Fsp3) is 0.364. The quantitative estimate of drug-likeness (QED) is 0.673. The summed E-state index contributed by atoms with van der Waals surface area (Å²) in [7, 11) is 0. The Hall–Kier alpha value is -2.42. The first kappa shape index (κ1) is 16.1. The topological polar surface area (TPSA) is 37.8 Å². The second-order valence-electron chi connectivity index (χ2n) is 7.24. The molecule has 2 aromatic carbocycles. The van der Waals surface area contributed by atoms with Gasteiger partial charge in [-0.1, -0.05) is 61.2 Å². The highest BCUT2D eigenvalue weighted by molar-refractivity contribution is 6.00. The maximum Gasteiger partial charge on any atom is 0.156 e. The molecule has 0 aliphatic heterocycles. The highest BCUT2D eigenvalue weighted by atomic mass is 15.2. The SMILES string of the molecule is Cc1ccc(C)c(-c2nnc(NC3CCCCC3)c3ccccc23)c1. The zero-order valence-corrected chi connectivity index (χ0v) is 15.0. The molecule has 0 unspecified atom stereocenters. The van der Waals surface area contributed by atoms with Gasteiger partial charge in [-0.25, -0.2) is 0 Å². The summed E-state index contributed by atoms with van der Waals surface area (Å²) in [6, 6.07) is 15.5. The van der Waals surface area contributed by atoms with Gasteiger partial charge in [0.2, 0.25) is 0 Å². The Balaban J connectivity index is 1.80. The van der Waals surface area contributed by atoms with Gasteiger partial charge in [0.1, 0.15) is 5.69 Å². The first-order chi connectivity index (χ1) is 12.2. The minimum atomic E-state index is 0.526. The zero-order chi connectivity index (χ0) is 17.2. The van der Waals surface area contributed by atoms with Crippen LogP contribution in [0.3, 0.4) is 0 Å². The lowest BCUT2D eigenvalue weighted by Gasteiger charge is -2.24. The number of nitrogens with zero attached hydrogens (tertiary/aromatic N) is 2. The van der Waals surface area contributed by atoms with Crippen molar-refractivity contribution in [3.05, 3.63) is 53.6 Å². The van der Waals surface area contributed by atoms with Crippen molar-refractivity contribution in [2.24, 2.45) is 0 Å². The van der Waals surface area contributed by atoms with Gasteiger partial charge in [0.05, 0.1) is 0 Å². The van der Waals surface area contributed by atoms with Crippen LogP contribution in [-0.2, 0) is 0 Å². The molecule has 3 nitrogen and oxygen atoms in total. The average Bonchev–Trinajstić information content (AvgIpc) is 2.65. The van der Waals surface area contributed by atoms with Gasteiger partial charge in [0.15, 0.2) is 5.82 Å². The highest BCUT2D eigenvalue weighted by Crippen LogP contribution is 2.33.